The molecular formula is C14H20N2O4. The molecule has 0 saturated carbocycles. The second kappa shape index (κ2) is 6.02. The van der Waals surface area contributed by atoms with Gasteiger partial charge in [0.05, 0.1) is 12.0 Å². The van der Waals surface area contributed by atoms with Gasteiger partial charge in [-0.25, -0.2) is 0 Å². The van der Waals surface area contributed by atoms with E-state index in [1.165, 1.54) is 6.92 Å². The van der Waals surface area contributed by atoms with Crippen LogP contribution in [-0.2, 0) is 15.1 Å². The largest absolute Gasteiger partial charge is 0.481 e. The predicted octanol–water partition coefficient (Wildman–Crippen LogP) is 0.202. The summed E-state index contributed by atoms with van der Waals surface area (Å²) in [5, 5.41) is 21.0. The van der Waals surface area contributed by atoms with Gasteiger partial charge in [0.1, 0.15) is 5.54 Å². The van der Waals surface area contributed by atoms with Crippen LogP contribution in [0.25, 0.3) is 0 Å². The van der Waals surface area contributed by atoms with E-state index in [2.05, 4.69) is 5.32 Å². The van der Waals surface area contributed by atoms with Crippen molar-refractivity contribution < 1.29 is 19.8 Å². The van der Waals surface area contributed by atoms with Crippen molar-refractivity contribution in [1.29, 1.82) is 0 Å². The minimum atomic E-state index is -1.52. The number of aliphatic hydroxyl groups is 1. The fraction of sp³-hybridized carbons (Fsp3) is 0.429. The van der Waals surface area contributed by atoms with Crippen molar-refractivity contribution in [2.75, 3.05) is 6.54 Å². The Bertz CT molecular complexity index is 483. The third-order valence-electron chi connectivity index (χ3n) is 3.01. The molecule has 0 aliphatic heterocycles. The van der Waals surface area contributed by atoms with Crippen LogP contribution in [0.3, 0.4) is 0 Å². The number of hydrogen-bond donors (Lipinski definition) is 4. The van der Waals surface area contributed by atoms with Crippen molar-refractivity contribution in [1.82, 2.24) is 5.32 Å². The first-order valence-electron chi connectivity index (χ1n) is 6.22. The van der Waals surface area contributed by atoms with Crippen molar-refractivity contribution in [3.8, 4) is 0 Å². The highest BCUT2D eigenvalue weighted by Crippen LogP contribution is 2.18. The maximum atomic E-state index is 12.1. The second-order valence-corrected chi connectivity index (χ2v) is 5.32. The number of rotatable bonds is 6. The van der Waals surface area contributed by atoms with Gasteiger partial charge in [0.2, 0.25) is 5.91 Å². The third-order valence-corrected chi connectivity index (χ3v) is 3.01. The lowest BCUT2D eigenvalue weighted by molar-refractivity contribution is -0.142. The SMILES string of the molecule is CC(O)(CNC(=O)C(C)(N)c1ccccc1)CC(=O)O. The summed E-state index contributed by atoms with van der Waals surface area (Å²) < 4.78 is 0. The van der Waals surface area contributed by atoms with E-state index in [0.717, 1.165) is 0 Å². The van der Waals surface area contributed by atoms with Gasteiger partial charge in [-0.1, -0.05) is 30.3 Å². The number of nitrogens with one attached hydrogen (secondary N) is 1. The normalized spacial score (nSPS) is 16.8. The number of carbonyl (C=O) groups excluding carboxylic acids is 1. The van der Waals surface area contributed by atoms with Gasteiger partial charge in [0, 0.05) is 6.54 Å². The molecule has 0 radical (unpaired) electrons. The van der Waals surface area contributed by atoms with Gasteiger partial charge < -0.3 is 21.3 Å². The first-order chi connectivity index (χ1) is 9.15. The molecule has 0 aliphatic carbocycles. The van der Waals surface area contributed by atoms with Gasteiger partial charge in [0.25, 0.3) is 0 Å². The maximum absolute atomic E-state index is 12.1. The van der Waals surface area contributed by atoms with Crippen LogP contribution in [0, 0.1) is 0 Å². The molecule has 6 nitrogen and oxygen atoms in total. The van der Waals surface area contributed by atoms with Gasteiger partial charge >= 0.3 is 5.97 Å². The molecule has 0 aromatic heterocycles. The Morgan fingerprint density at radius 3 is 2.30 bits per heavy atom. The zero-order chi connectivity index (χ0) is 15.4. The number of benzene rings is 1. The van der Waals surface area contributed by atoms with Crippen LogP contribution < -0.4 is 11.1 Å². The van der Waals surface area contributed by atoms with Crippen LogP contribution in [0.15, 0.2) is 30.3 Å². The first kappa shape index (κ1) is 16.1. The highest BCUT2D eigenvalue weighted by molar-refractivity contribution is 5.87. The molecule has 1 amide bonds. The standard InChI is InChI=1S/C14H20N2O4/c1-13(20,8-11(17)18)9-16-12(19)14(2,15)10-6-4-3-5-7-10/h3-7,20H,8-9,15H2,1-2H3,(H,16,19)(H,17,18). The lowest BCUT2D eigenvalue weighted by atomic mass is 9.92. The second-order valence-electron chi connectivity index (χ2n) is 5.32. The number of aliphatic carboxylic acids is 1. The predicted molar refractivity (Wildman–Crippen MR) is 73.9 cm³/mol. The van der Waals surface area contributed by atoms with Gasteiger partial charge in [-0.2, -0.15) is 0 Å². The molecule has 5 N–H and O–H groups in total. The molecule has 0 bridgehead atoms. The van der Waals surface area contributed by atoms with Crippen molar-refractivity contribution in [2.24, 2.45) is 5.73 Å². The van der Waals surface area contributed by atoms with Crippen LogP contribution in [-0.4, -0.2) is 34.2 Å². The fourth-order valence-electron chi connectivity index (χ4n) is 1.76. The minimum Gasteiger partial charge on any atom is -0.481 e. The summed E-state index contributed by atoms with van der Waals surface area (Å²) >= 11 is 0. The van der Waals surface area contributed by atoms with Crippen molar-refractivity contribution in [3.63, 3.8) is 0 Å². The van der Waals surface area contributed by atoms with Crippen LogP contribution in [0.1, 0.15) is 25.8 Å². The molecule has 2 atom stereocenters. The number of carboxylic acids is 1. The highest BCUT2D eigenvalue weighted by Gasteiger charge is 2.32. The lowest BCUT2D eigenvalue weighted by Crippen LogP contribution is -2.52. The molecule has 0 aliphatic rings. The average Bonchev–Trinajstić information content (AvgIpc) is 2.35. The van der Waals surface area contributed by atoms with Crippen molar-refractivity contribution in [3.05, 3.63) is 35.9 Å². The maximum Gasteiger partial charge on any atom is 0.306 e. The molecular weight excluding hydrogens is 260 g/mol. The topological polar surface area (TPSA) is 113 Å². The Balaban J connectivity index is 2.69. The van der Waals surface area contributed by atoms with Crippen molar-refractivity contribution >= 4 is 11.9 Å². The number of carboxylic acid groups (broad SMARTS) is 1. The van der Waals surface area contributed by atoms with Crippen LogP contribution in [0.5, 0.6) is 0 Å². The zero-order valence-corrected chi connectivity index (χ0v) is 11.6. The van der Waals surface area contributed by atoms with Crippen LogP contribution >= 0.6 is 0 Å². The molecule has 1 rings (SSSR count). The van der Waals surface area contributed by atoms with Crippen LogP contribution in [0.4, 0.5) is 0 Å². The van der Waals surface area contributed by atoms with E-state index in [1.807, 2.05) is 6.07 Å². The molecule has 0 fully saturated rings. The van der Waals surface area contributed by atoms with Gasteiger partial charge in [-0.3, -0.25) is 9.59 Å². The number of nitrogens with two attached hydrogens (primary N) is 1. The summed E-state index contributed by atoms with van der Waals surface area (Å²) in [7, 11) is 0. The molecule has 20 heavy (non-hydrogen) atoms. The first-order valence-corrected chi connectivity index (χ1v) is 6.22. The highest BCUT2D eigenvalue weighted by atomic mass is 16.4. The van der Waals surface area contributed by atoms with E-state index >= 15 is 0 Å². The molecule has 0 saturated heterocycles. The van der Waals surface area contributed by atoms with E-state index < -0.39 is 29.4 Å². The Morgan fingerprint density at radius 2 is 1.80 bits per heavy atom. The third kappa shape index (κ3) is 4.32. The summed E-state index contributed by atoms with van der Waals surface area (Å²) in [4.78, 5) is 22.7. The zero-order valence-electron chi connectivity index (χ0n) is 11.6. The summed E-state index contributed by atoms with van der Waals surface area (Å²) in [6, 6.07) is 8.82. The summed E-state index contributed by atoms with van der Waals surface area (Å²) in [5.41, 5.74) is 3.87. The fourth-order valence-corrected chi connectivity index (χ4v) is 1.76. The van der Waals surface area contributed by atoms with Gasteiger partial charge in [-0.05, 0) is 19.4 Å². The monoisotopic (exact) mass is 280 g/mol. The Morgan fingerprint density at radius 1 is 1.25 bits per heavy atom. The van der Waals surface area contributed by atoms with E-state index in [-0.39, 0.29) is 6.54 Å². The van der Waals surface area contributed by atoms with Crippen LogP contribution in [0.2, 0.25) is 0 Å². The molecule has 2 unspecified atom stereocenters. The average molecular weight is 280 g/mol. The molecule has 1 aromatic rings. The van der Waals surface area contributed by atoms with Gasteiger partial charge in [-0.15, -0.1) is 0 Å². The summed E-state index contributed by atoms with van der Waals surface area (Å²) in [5.74, 6) is -1.61. The summed E-state index contributed by atoms with van der Waals surface area (Å²) in [6.45, 7) is 2.72. The Labute approximate surface area is 117 Å². The number of amides is 1. The molecule has 110 valence electrons. The molecule has 0 heterocycles. The Kier molecular flexibility index (Phi) is 4.86. The summed E-state index contributed by atoms with van der Waals surface area (Å²) in [6.07, 6.45) is -0.458. The minimum absolute atomic E-state index is 0.183. The molecule has 1 aromatic carbocycles. The quantitative estimate of drug-likeness (QED) is 0.594. The van der Waals surface area contributed by atoms with E-state index in [9.17, 15) is 14.7 Å². The number of carbonyl (C=O) groups is 2. The molecule has 6 heteroatoms. The Hall–Kier alpha value is -1.92. The van der Waals surface area contributed by atoms with Gasteiger partial charge in [0.15, 0.2) is 0 Å². The molecule has 0 spiro atoms. The van der Waals surface area contributed by atoms with E-state index in [4.69, 9.17) is 10.8 Å². The smallest absolute Gasteiger partial charge is 0.306 e. The van der Waals surface area contributed by atoms with Crippen molar-refractivity contribution in [2.45, 2.75) is 31.4 Å². The van der Waals surface area contributed by atoms with E-state index in [1.54, 1.807) is 31.2 Å². The lowest BCUT2D eigenvalue weighted by Gasteiger charge is -2.27. The number of hydrogen-bond acceptors (Lipinski definition) is 4. The van der Waals surface area contributed by atoms with E-state index in [0.29, 0.717) is 5.56 Å².